The number of nitrogens with zero attached hydrogens (tertiary/aromatic N) is 1. The number of ether oxygens (including phenoxy) is 1. The van der Waals surface area contributed by atoms with Crippen LogP contribution in [0.5, 0.6) is 0 Å². The van der Waals surface area contributed by atoms with Gasteiger partial charge in [0, 0.05) is 19.5 Å². The Morgan fingerprint density at radius 3 is 2.71 bits per heavy atom. The van der Waals surface area contributed by atoms with Crippen molar-refractivity contribution < 1.29 is 14.3 Å². The van der Waals surface area contributed by atoms with E-state index in [1.165, 1.54) is 25.7 Å². The van der Waals surface area contributed by atoms with Crippen molar-refractivity contribution in [3.8, 4) is 0 Å². The largest absolute Gasteiger partial charge is 0.466 e. The number of hydrogen-bond donors (Lipinski definition) is 0. The van der Waals surface area contributed by atoms with Gasteiger partial charge in [0.2, 0.25) is 5.91 Å². The molecule has 2 aliphatic carbocycles. The molecule has 4 nitrogen and oxygen atoms in total. The monoisotopic (exact) mass is 293 g/mol. The molecule has 3 rings (SSSR count). The summed E-state index contributed by atoms with van der Waals surface area (Å²) in [5, 5.41) is 0. The van der Waals surface area contributed by atoms with Gasteiger partial charge in [0.1, 0.15) is 0 Å². The van der Waals surface area contributed by atoms with Crippen molar-refractivity contribution in [2.75, 3.05) is 19.7 Å². The Hall–Kier alpha value is -1.06. The lowest BCUT2D eigenvalue weighted by Gasteiger charge is -2.33. The molecule has 118 valence electrons. The van der Waals surface area contributed by atoms with Crippen LogP contribution in [0.25, 0.3) is 0 Å². The number of hydrogen-bond acceptors (Lipinski definition) is 3. The quantitative estimate of drug-likeness (QED) is 0.749. The van der Waals surface area contributed by atoms with Gasteiger partial charge in [-0.1, -0.05) is 6.42 Å². The molecule has 21 heavy (non-hydrogen) atoms. The van der Waals surface area contributed by atoms with E-state index in [9.17, 15) is 9.59 Å². The van der Waals surface area contributed by atoms with Gasteiger partial charge in [-0.05, 0) is 56.8 Å². The van der Waals surface area contributed by atoms with Gasteiger partial charge < -0.3 is 9.64 Å². The molecule has 2 bridgehead atoms. The minimum absolute atomic E-state index is 0.109. The number of esters is 1. The number of rotatable bonds is 4. The van der Waals surface area contributed by atoms with Crippen LogP contribution in [0.15, 0.2) is 0 Å². The standard InChI is InChI=1S/C17H27NO3/c1-2-21-17(20)14-4-3-7-18(11-14)16(19)10-15-9-12-5-6-13(15)8-12/h12-15H,2-11H2,1H3/t12?,13?,14-,15?/m1/s1. The van der Waals surface area contributed by atoms with Crippen molar-refractivity contribution in [1.82, 2.24) is 4.90 Å². The molecule has 1 amide bonds. The van der Waals surface area contributed by atoms with Crippen molar-refractivity contribution in [1.29, 1.82) is 0 Å². The highest BCUT2D eigenvalue weighted by Crippen LogP contribution is 2.49. The first-order chi connectivity index (χ1) is 10.2. The summed E-state index contributed by atoms with van der Waals surface area (Å²) in [4.78, 5) is 26.3. The fourth-order valence-electron chi connectivity index (χ4n) is 4.64. The van der Waals surface area contributed by atoms with Crippen LogP contribution in [0, 0.1) is 23.7 Å². The zero-order valence-corrected chi connectivity index (χ0v) is 13.1. The molecule has 0 N–H and O–H groups in total. The first-order valence-corrected chi connectivity index (χ1v) is 8.61. The van der Waals surface area contributed by atoms with E-state index < -0.39 is 0 Å². The molecule has 0 aromatic heterocycles. The number of likely N-dealkylation sites (tertiary alicyclic amines) is 1. The number of fused-ring (bicyclic) bond motifs is 2. The third-order valence-corrected chi connectivity index (χ3v) is 5.72. The van der Waals surface area contributed by atoms with Gasteiger partial charge in [0.15, 0.2) is 0 Å². The second-order valence-electron chi connectivity index (χ2n) is 7.07. The average molecular weight is 293 g/mol. The van der Waals surface area contributed by atoms with Crippen LogP contribution in [0.4, 0.5) is 0 Å². The Kier molecular flexibility index (Phi) is 4.51. The van der Waals surface area contributed by atoms with Crippen LogP contribution in [-0.2, 0) is 14.3 Å². The molecule has 2 saturated carbocycles. The Balaban J connectivity index is 1.51. The fraction of sp³-hybridized carbons (Fsp3) is 0.882. The van der Waals surface area contributed by atoms with Crippen LogP contribution >= 0.6 is 0 Å². The summed E-state index contributed by atoms with van der Waals surface area (Å²) in [7, 11) is 0. The minimum atomic E-state index is -0.130. The van der Waals surface area contributed by atoms with E-state index in [2.05, 4.69) is 0 Å². The molecular weight excluding hydrogens is 266 g/mol. The van der Waals surface area contributed by atoms with E-state index in [4.69, 9.17) is 4.74 Å². The van der Waals surface area contributed by atoms with Crippen LogP contribution in [0.1, 0.15) is 51.9 Å². The molecule has 1 heterocycles. The van der Waals surface area contributed by atoms with Crippen molar-refractivity contribution in [3.05, 3.63) is 0 Å². The van der Waals surface area contributed by atoms with Crippen LogP contribution in [0.3, 0.4) is 0 Å². The highest BCUT2D eigenvalue weighted by molar-refractivity contribution is 5.78. The van der Waals surface area contributed by atoms with E-state index >= 15 is 0 Å². The Morgan fingerprint density at radius 1 is 1.19 bits per heavy atom. The van der Waals surface area contributed by atoms with Gasteiger partial charge in [0.25, 0.3) is 0 Å². The summed E-state index contributed by atoms with van der Waals surface area (Å²) < 4.78 is 5.11. The zero-order valence-electron chi connectivity index (χ0n) is 13.1. The second-order valence-corrected chi connectivity index (χ2v) is 7.07. The normalized spacial score (nSPS) is 35.0. The molecule has 3 fully saturated rings. The highest BCUT2D eigenvalue weighted by atomic mass is 16.5. The SMILES string of the molecule is CCOC(=O)[C@@H]1CCCN(C(=O)CC2CC3CCC2C3)C1. The molecule has 0 aromatic rings. The van der Waals surface area contributed by atoms with Crippen molar-refractivity contribution in [3.63, 3.8) is 0 Å². The minimum Gasteiger partial charge on any atom is -0.466 e. The summed E-state index contributed by atoms with van der Waals surface area (Å²) in [6, 6.07) is 0. The van der Waals surface area contributed by atoms with Crippen LogP contribution < -0.4 is 0 Å². The third kappa shape index (κ3) is 3.24. The predicted molar refractivity (Wildman–Crippen MR) is 79.5 cm³/mol. The number of carbonyl (C=O) groups excluding carboxylic acids is 2. The van der Waals surface area contributed by atoms with Gasteiger partial charge in [-0.15, -0.1) is 0 Å². The lowest BCUT2D eigenvalue weighted by Crippen LogP contribution is -2.43. The maximum absolute atomic E-state index is 12.5. The lowest BCUT2D eigenvalue weighted by molar-refractivity contribution is -0.151. The topological polar surface area (TPSA) is 46.6 Å². The molecular formula is C17H27NO3. The summed E-state index contributed by atoms with van der Waals surface area (Å²) in [6.45, 7) is 3.64. The van der Waals surface area contributed by atoms with Gasteiger partial charge >= 0.3 is 5.97 Å². The second kappa shape index (κ2) is 6.37. The van der Waals surface area contributed by atoms with Gasteiger partial charge in [0.05, 0.1) is 12.5 Å². The molecule has 3 aliphatic rings. The van der Waals surface area contributed by atoms with Gasteiger partial charge in [-0.25, -0.2) is 0 Å². The lowest BCUT2D eigenvalue weighted by atomic mass is 9.86. The Bertz CT molecular complexity index is 409. The predicted octanol–water partition coefficient (Wildman–Crippen LogP) is 2.61. The summed E-state index contributed by atoms with van der Waals surface area (Å²) >= 11 is 0. The third-order valence-electron chi connectivity index (χ3n) is 5.72. The summed E-state index contributed by atoms with van der Waals surface area (Å²) in [5.74, 6) is 2.32. The van der Waals surface area contributed by atoms with E-state index in [1.807, 2.05) is 11.8 Å². The van der Waals surface area contributed by atoms with Crippen molar-refractivity contribution >= 4 is 11.9 Å². The first kappa shape index (κ1) is 14.9. The van der Waals surface area contributed by atoms with E-state index in [0.717, 1.165) is 31.2 Å². The van der Waals surface area contributed by atoms with Crippen molar-refractivity contribution in [2.24, 2.45) is 23.7 Å². The Labute approximate surface area is 127 Å². The Morgan fingerprint density at radius 2 is 2.05 bits per heavy atom. The zero-order chi connectivity index (χ0) is 14.8. The summed E-state index contributed by atoms with van der Waals surface area (Å²) in [5.41, 5.74) is 0. The maximum Gasteiger partial charge on any atom is 0.310 e. The molecule has 1 aliphatic heterocycles. The molecule has 4 atom stereocenters. The molecule has 1 saturated heterocycles. The molecule has 4 heteroatoms. The summed E-state index contributed by atoms with van der Waals surface area (Å²) in [6.07, 6.45) is 7.80. The number of piperidine rings is 1. The van der Waals surface area contributed by atoms with E-state index in [1.54, 1.807) is 0 Å². The van der Waals surface area contributed by atoms with Crippen molar-refractivity contribution in [2.45, 2.75) is 51.9 Å². The molecule has 0 spiro atoms. The van der Waals surface area contributed by atoms with E-state index in [0.29, 0.717) is 25.5 Å². The van der Waals surface area contributed by atoms with E-state index in [-0.39, 0.29) is 17.8 Å². The number of amides is 1. The first-order valence-electron chi connectivity index (χ1n) is 8.61. The van der Waals surface area contributed by atoms with Gasteiger partial charge in [-0.2, -0.15) is 0 Å². The maximum atomic E-state index is 12.5. The molecule has 3 unspecified atom stereocenters. The molecule has 0 radical (unpaired) electrons. The fourth-order valence-corrected chi connectivity index (χ4v) is 4.64. The average Bonchev–Trinajstić information content (AvgIpc) is 3.10. The number of carbonyl (C=O) groups is 2. The smallest absolute Gasteiger partial charge is 0.310 e. The van der Waals surface area contributed by atoms with Crippen LogP contribution in [-0.4, -0.2) is 36.5 Å². The van der Waals surface area contributed by atoms with Gasteiger partial charge in [-0.3, -0.25) is 9.59 Å². The van der Waals surface area contributed by atoms with Crippen LogP contribution in [0.2, 0.25) is 0 Å². The molecule has 0 aromatic carbocycles. The highest BCUT2D eigenvalue weighted by Gasteiger charge is 2.41.